The number of nitrogens with one attached hydrogen (secondary N) is 1. The Bertz CT molecular complexity index is 319. The van der Waals surface area contributed by atoms with E-state index in [1.807, 2.05) is 0 Å². The van der Waals surface area contributed by atoms with Crippen LogP contribution in [0.5, 0.6) is 0 Å². The Labute approximate surface area is 135 Å². The number of hydrogen-bond donors (Lipinski definition) is 2. The Morgan fingerprint density at radius 1 is 1.29 bits per heavy atom. The molecule has 0 heterocycles. The molecule has 0 aliphatic heterocycles. The van der Waals surface area contributed by atoms with Gasteiger partial charge in [-0.3, -0.25) is 4.79 Å². The van der Waals surface area contributed by atoms with Crippen molar-refractivity contribution in [2.24, 2.45) is 17.1 Å². The summed E-state index contributed by atoms with van der Waals surface area (Å²) >= 11 is 0. The van der Waals surface area contributed by atoms with Crippen molar-refractivity contribution in [1.29, 1.82) is 0 Å². The largest absolute Gasteiger partial charge is 0.385 e. The molecule has 0 radical (unpaired) electrons. The highest BCUT2D eigenvalue weighted by atomic mass is 35.5. The van der Waals surface area contributed by atoms with Gasteiger partial charge >= 0.3 is 0 Å². The smallest absolute Gasteiger partial charge is 0.220 e. The van der Waals surface area contributed by atoms with E-state index < -0.39 is 0 Å². The van der Waals surface area contributed by atoms with Gasteiger partial charge < -0.3 is 15.8 Å². The second-order valence-corrected chi connectivity index (χ2v) is 6.79. The molecule has 124 valence electrons. The third kappa shape index (κ3) is 5.42. The summed E-state index contributed by atoms with van der Waals surface area (Å²) in [6, 6.07) is 0.231. The summed E-state index contributed by atoms with van der Waals surface area (Å²) in [5.41, 5.74) is 6.32. The Kier molecular flexibility index (Phi) is 7.99. The molecule has 4 nitrogen and oxygen atoms in total. The van der Waals surface area contributed by atoms with Crippen molar-refractivity contribution in [3.63, 3.8) is 0 Å². The van der Waals surface area contributed by atoms with Crippen LogP contribution >= 0.6 is 12.4 Å². The van der Waals surface area contributed by atoms with Gasteiger partial charge in [-0.05, 0) is 43.4 Å². The molecule has 2 atom stereocenters. The van der Waals surface area contributed by atoms with Crippen molar-refractivity contribution in [3.05, 3.63) is 0 Å². The molecule has 0 aromatic rings. The van der Waals surface area contributed by atoms with E-state index in [1.54, 1.807) is 7.11 Å². The van der Waals surface area contributed by atoms with Crippen molar-refractivity contribution < 1.29 is 9.53 Å². The first-order valence-electron chi connectivity index (χ1n) is 8.16. The SMILES string of the molecule is COCCC1(CNC(=O)C[C@@H]2CCC[C@H]2N)CCCC1.Cl. The standard InChI is InChI=1S/C16H30N2O2.ClH/c1-20-10-9-16(7-2-3-8-16)12-18-15(19)11-13-5-4-6-14(13)17;/h13-14H,2-12,17H2,1H3,(H,18,19);1H/t13-,14+;/m0./s1. The minimum absolute atomic E-state index is 0. The number of methoxy groups -OCH3 is 1. The lowest BCUT2D eigenvalue weighted by Crippen LogP contribution is -2.38. The molecule has 2 saturated carbocycles. The number of nitrogens with two attached hydrogens (primary N) is 1. The van der Waals surface area contributed by atoms with E-state index in [4.69, 9.17) is 10.5 Å². The Hall–Kier alpha value is -0.320. The molecule has 3 N–H and O–H groups in total. The van der Waals surface area contributed by atoms with E-state index in [9.17, 15) is 4.79 Å². The molecule has 21 heavy (non-hydrogen) atoms. The monoisotopic (exact) mass is 318 g/mol. The van der Waals surface area contributed by atoms with Crippen LogP contribution in [0.3, 0.4) is 0 Å². The summed E-state index contributed by atoms with van der Waals surface area (Å²) in [4.78, 5) is 12.1. The lowest BCUT2D eigenvalue weighted by molar-refractivity contribution is -0.122. The van der Waals surface area contributed by atoms with Crippen molar-refractivity contribution in [2.75, 3.05) is 20.3 Å². The van der Waals surface area contributed by atoms with E-state index in [1.165, 1.54) is 32.1 Å². The van der Waals surface area contributed by atoms with Gasteiger partial charge in [0.1, 0.15) is 0 Å². The maximum Gasteiger partial charge on any atom is 0.220 e. The van der Waals surface area contributed by atoms with E-state index in [-0.39, 0.29) is 29.8 Å². The molecule has 0 aromatic heterocycles. The molecule has 0 bridgehead atoms. The molecular weight excluding hydrogens is 288 g/mol. The van der Waals surface area contributed by atoms with Crippen LogP contribution in [0.2, 0.25) is 0 Å². The average Bonchev–Trinajstić information content (AvgIpc) is 3.05. The molecular formula is C16H31ClN2O2. The Morgan fingerprint density at radius 3 is 2.57 bits per heavy atom. The minimum Gasteiger partial charge on any atom is -0.385 e. The van der Waals surface area contributed by atoms with Crippen molar-refractivity contribution >= 4 is 18.3 Å². The number of rotatable bonds is 7. The van der Waals surface area contributed by atoms with E-state index >= 15 is 0 Å². The van der Waals surface area contributed by atoms with Gasteiger partial charge in [0.2, 0.25) is 5.91 Å². The van der Waals surface area contributed by atoms with Crippen molar-refractivity contribution in [1.82, 2.24) is 5.32 Å². The predicted molar refractivity (Wildman–Crippen MR) is 87.6 cm³/mol. The molecule has 2 rings (SSSR count). The zero-order valence-electron chi connectivity index (χ0n) is 13.2. The fourth-order valence-electron chi connectivity index (χ4n) is 3.87. The molecule has 0 aromatic carbocycles. The minimum atomic E-state index is 0. The second-order valence-electron chi connectivity index (χ2n) is 6.79. The molecule has 0 unspecified atom stereocenters. The van der Waals surface area contributed by atoms with E-state index in [2.05, 4.69) is 5.32 Å². The summed E-state index contributed by atoms with van der Waals surface area (Å²) in [7, 11) is 1.75. The molecule has 5 heteroatoms. The number of carbonyl (C=O) groups is 1. The average molecular weight is 319 g/mol. The van der Waals surface area contributed by atoms with Crippen LogP contribution in [0.25, 0.3) is 0 Å². The zero-order chi connectivity index (χ0) is 14.4. The third-order valence-corrected chi connectivity index (χ3v) is 5.33. The van der Waals surface area contributed by atoms with Crippen LogP contribution in [0.4, 0.5) is 0 Å². The highest BCUT2D eigenvalue weighted by Crippen LogP contribution is 2.40. The number of halogens is 1. The van der Waals surface area contributed by atoms with Crippen LogP contribution < -0.4 is 11.1 Å². The quantitative estimate of drug-likeness (QED) is 0.758. The number of carbonyl (C=O) groups excluding carboxylic acids is 1. The van der Waals surface area contributed by atoms with Crippen LogP contribution in [-0.2, 0) is 9.53 Å². The molecule has 2 aliphatic rings. The summed E-state index contributed by atoms with van der Waals surface area (Å²) in [5.74, 6) is 0.588. The van der Waals surface area contributed by atoms with Gasteiger partial charge in [-0.1, -0.05) is 19.3 Å². The second kappa shape index (κ2) is 8.96. The fourth-order valence-corrected chi connectivity index (χ4v) is 3.87. The highest BCUT2D eigenvalue weighted by Gasteiger charge is 2.34. The first-order chi connectivity index (χ1) is 9.65. The number of ether oxygens (including phenoxy) is 1. The molecule has 0 saturated heterocycles. The lowest BCUT2D eigenvalue weighted by Gasteiger charge is -2.29. The zero-order valence-corrected chi connectivity index (χ0v) is 14.1. The van der Waals surface area contributed by atoms with Gasteiger partial charge in [-0.25, -0.2) is 0 Å². The summed E-state index contributed by atoms with van der Waals surface area (Å²) < 4.78 is 5.23. The lowest BCUT2D eigenvalue weighted by atomic mass is 9.83. The molecule has 2 fully saturated rings. The van der Waals surface area contributed by atoms with Gasteiger partial charge in [0.25, 0.3) is 0 Å². The molecule has 1 amide bonds. The summed E-state index contributed by atoms with van der Waals surface area (Å²) in [6.07, 6.45) is 10.1. The molecule has 0 spiro atoms. The van der Waals surface area contributed by atoms with Gasteiger partial charge in [0, 0.05) is 32.7 Å². The normalized spacial score (nSPS) is 27.3. The van der Waals surface area contributed by atoms with E-state index in [0.29, 0.717) is 12.3 Å². The van der Waals surface area contributed by atoms with Crippen molar-refractivity contribution in [2.45, 2.75) is 63.8 Å². The first kappa shape index (κ1) is 18.7. The molecule has 2 aliphatic carbocycles. The van der Waals surface area contributed by atoms with Gasteiger partial charge in [0.15, 0.2) is 0 Å². The Morgan fingerprint density at radius 2 is 2.00 bits per heavy atom. The maximum absolute atomic E-state index is 12.1. The van der Waals surface area contributed by atoms with Crippen LogP contribution in [0.1, 0.15) is 57.8 Å². The van der Waals surface area contributed by atoms with Gasteiger partial charge in [-0.15, -0.1) is 12.4 Å². The predicted octanol–water partition coefficient (Wildman–Crippen LogP) is 2.64. The van der Waals surface area contributed by atoms with Crippen LogP contribution in [-0.4, -0.2) is 32.2 Å². The number of hydrogen-bond acceptors (Lipinski definition) is 3. The number of amides is 1. The van der Waals surface area contributed by atoms with Gasteiger partial charge in [0.05, 0.1) is 0 Å². The summed E-state index contributed by atoms with van der Waals surface area (Å²) in [6.45, 7) is 1.61. The summed E-state index contributed by atoms with van der Waals surface area (Å²) in [5, 5.41) is 3.17. The Balaban J connectivity index is 0.00000220. The highest BCUT2D eigenvalue weighted by molar-refractivity contribution is 5.85. The maximum atomic E-state index is 12.1. The van der Waals surface area contributed by atoms with Crippen LogP contribution in [0.15, 0.2) is 0 Å². The first-order valence-corrected chi connectivity index (χ1v) is 8.16. The van der Waals surface area contributed by atoms with Gasteiger partial charge in [-0.2, -0.15) is 0 Å². The van der Waals surface area contributed by atoms with Crippen molar-refractivity contribution in [3.8, 4) is 0 Å². The van der Waals surface area contributed by atoms with Crippen LogP contribution in [0, 0.1) is 11.3 Å². The fraction of sp³-hybridized carbons (Fsp3) is 0.938. The third-order valence-electron chi connectivity index (χ3n) is 5.33. The topological polar surface area (TPSA) is 64.3 Å². The van der Waals surface area contributed by atoms with E-state index in [0.717, 1.165) is 32.4 Å².